The Morgan fingerprint density at radius 2 is 2.13 bits per heavy atom. The standard InChI is InChI=1S/C23H25Cl2N5O/c1-13-11-26-22(19-5-6-27-29-19)23-21(13)17(16-4-3-15(24)9-18(16)25)10-20(28-23)30-7-8-31-12-14(30)2/h3-5,9-11,14,20,27-29H,6-8,12H2,1-2H3/t14-,20?/m1/s1. The normalized spacial score (nSPS) is 23.5. The summed E-state index contributed by atoms with van der Waals surface area (Å²) in [5, 5.41) is 5.03. The molecule has 0 radical (unpaired) electrons. The maximum atomic E-state index is 6.68. The number of nitrogens with one attached hydrogen (secondary N) is 3. The molecular formula is C23H25Cl2N5O. The van der Waals surface area contributed by atoms with Crippen molar-refractivity contribution in [3.8, 4) is 0 Å². The largest absolute Gasteiger partial charge is 0.379 e. The van der Waals surface area contributed by atoms with Crippen molar-refractivity contribution in [2.24, 2.45) is 0 Å². The highest BCUT2D eigenvalue weighted by atomic mass is 35.5. The third-order valence-electron chi connectivity index (χ3n) is 6.04. The quantitative estimate of drug-likeness (QED) is 0.646. The molecule has 0 amide bonds. The van der Waals surface area contributed by atoms with Crippen LogP contribution < -0.4 is 16.2 Å². The third-order valence-corrected chi connectivity index (χ3v) is 6.59. The molecule has 0 bridgehead atoms. The van der Waals surface area contributed by atoms with E-state index in [-0.39, 0.29) is 12.2 Å². The van der Waals surface area contributed by atoms with E-state index in [4.69, 9.17) is 32.9 Å². The van der Waals surface area contributed by atoms with Crippen molar-refractivity contribution in [3.05, 3.63) is 69.0 Å². The van der Waals surface area contributed by atoms with Crippen LogP contribution in [0.5, 0.6) is 0 Å². The van der Waals surface area contributed by atoms with Crippen LogP contribution in [0.25, 0.3) is 11.3 Å². The van der Waals surface area contributed by atoms with Crippen molar-refractivity contribution in [1.82, 2.24) is 20.7 Å². The number of hydrogen-bond acceptors (Lipinski definition) is 6. The molecule has 0 spiro atoms. The van der Waals surface area contributed by atoms with E-state index in [0.717, 1.165) is 59.0 Å². The Morgan fingerprint density at radius 1 is 1.26 bits per heavy atom. The molecule has 1 aromatic carbocycles. The minimum absolute atomic E-state index is 0.00884. The summed E-state index contributed by atoms with van der Waals surface area (Å²) in [5.41, 5.74) is 13.5. The molecule has 31 heavy (non-hydrogen) atoms. The van der Waals surface area contributed by atoms with Crippen molar-refractivity contribution in [2.45, 2.75) is 26.1 Å². The summed E-state index contributed by atoms with van der Waals surface area (Å²) in [5.74, 6) is 0. The fourth-order valence-corrected chi connectivity index (χ4v) is 5.01. The number of halogens is 2. The molecule has 0 aliphatic carbocycles. The van der Waals surface area contributed by atoms with Gasteiger partial charge in [0, 0.05) is 46.5 Å². The van der Waals surface area contributed by atoms with E-state index < -0.39 is 0 Å². The Labute approximate surface area is 192 Å². The number of morpholine rings is 1. The van der Waals surface area contributed by atoms with Crippen LogP contribution in [0.3, 0.4) is 0 Å². The molecule has 3 N–H and O–H groups in total. The van der Waals surface area contributed by atoms with Crippen molar-refractivity contribution in [3.63, 3.8) is 0 Å². The molecule has 2 aromatic rings. The number of ether oxygens (including phenoxy) is 1. The highest BCUT2D eigenvalue weighted by molar-refractivity contribution is 6.36. The molecular weight excluding hydrogens is 433 g/mol. The second kappa shape index (κ2) is 8.45. The van der Waals surface area contributed by atoms with Gasteiger partial charge in [0.15, 0.2) is 0 Å². The van der Waals surface area contributed by atoms with Crippen LogP contribution in [0.1, 0.15) is 29.3 Å². The molecule has 3 aliphatic heterocycles. The average Bonchev–Trinajstić information content (AvgIpc) is 3.28. The predicted molar refractivity (Wildman–Crippen MR) is 126 cm³/mol. The zero-order valence-corrected chi connectivity index (χ0v) is 19.0. The van der Waals surface area contributed by atoms with Gasteiger partial charge in [-0.1, -0.05) is 29.3 Å². The van der Waals surface area contributed by atoms with Gasteiger partial charge in [0.1, 0.15) is 5.69 Å². The van der Waals surface area contributed by atoms with Gasteiger partial charge < -0.3 is 15.5 Å². The number of anilines is 1. The lowest BCUT2D eigenvalue weighted by Crippen LogP contribution is -2.52. The first kappa shape index (κ1) is 20.8. The molecule has 1 saturated heterocycles. The topological polar surface area (TPSA) is 61.5 Å². The van der Waals surface area contributed by atoms with Crippen molar-refractivity contribution < 1.29 is 4.74 Å². The average molecular weight is 458 g/mol. The Hall–Kier alpha value is -2.09. The molecule has 2 atom stereocenters. The summed E-state index contributed by atoms with van der Waals surface area (Å²) in [6.07, 6.45) is 6.29. The van der Waals surface area contributed by atoms with Gasteiger partial charge in [-0.05, 0) is 49.3 Å². The Morgan fingerprint density at radius 3 is 2.87 bits per heavy atom. The van der Waals surface area contributed by atoms with E-state index in [1.165, 1.54) is 0 Å². The molecule has 6 nitrogen and oxygen atoms in total. The van der Waals surface area contributed by atoms with Crippen LogP contribution in [0, 0.1) is 6.92 Å². The smallest absolute Gasteiger partial charge is 0.111 e. The van der Waals surface area contributed by atoms with E-state index in [1.807, 2.05) is 18.3 Å². The summed E-state index contributed by atoms with van der Waals surface area (Å²) < 4.78 is 5.67. The van der Waals surface area contributed by atoms with Gasteiger partial charge in [-0.25, -0.2) is 5.43 Å². The Kier molecular flexibility index (Phi) is 5.67. The molecule has 4 heterocycles. The molecule has 162 valence electrons. The molecule has 5 rings (SSSR count). The number of benzene rings is 1. The first-order valence-corrected chi connectivity index (χ1v) is 11.2. The van der Waals surface area contributed by atoms with Crippen LogP contribution >= 0.6 is 23.2 Å². The number of rotatable bonds is 3. The monoisotopic (exact) mass is 457 g/mol. The van der Waals surface area contributed by atoms with Crippen LogP contribution in [0.15, 0.2) is 36.5 Å². The number of aryl methyl sites for hydroxylation is 1. The first-order chi connectivity index (χ1) is 15.0. The Bertz CT molecular complexity index is 1080. The Balaban J connectivity index is 1.70. The summed E-state index contributed by atoms with van der Waals surface area (Å²) in [4.78, 5) is 7.21. The molecule has 1 unspecified atom stereocenters. The van der Waals surface area contributed by atoms with Gasteiger partial charge in [0.25, 0.3) is 0 Å². The lowest BCUT2D eigenvalue weighted by atomic mass is 9.89. The van der Waals surface area contributed by atoms with Crippen LogP contribution in [0.4, 0.5) is 5.69 Å². The zero-order chi connectivity index (χ0) is 21.5. The van der Waals surface area contributed by atoms with Gasteiger partial charge in [-0.15, -0.1) is 0 Å². The molecule has 3 aliphatic rings. The predicted octanol–water partition coefficient (Wildman–Crippen LogP) is 4.05. The van der Waals surface area contributed by atoms with E-state index in [0.29, 0.717) is 16.7 Å². The zero-order valence-electron chi connectivity index (χ0n) is 17.5. The van der Waals surface area contributed by atoms with E-state index >= 15 is 0 Å². The van der Waals surface area contributed by atoms with Gasteiger partial charge >= 0.3 is 0 Å². The maximum absolute atomic E-state index is 6.68. The molecule has 1 aromatic heterocycles. The van der Waals surface area contributed by atoms with Crippen LogP contribution in [0.2, 0.25) is 10.0 Å². The summed E-state index contributed by atoms with van der Waals surface area (Å²) in [6.45, 7) is 7.32. The first-order valence-electron chi connectivity index (χ1n) is 10.5. The lowest BCUT2D eigenvalue weighted by molar-refractivity contribution is -0.00850. The van der Waals surface area contributed by atoms with Crippen LogP contribution in [-0.4, -0.2) is 48.4 Å². The van der Waals surface area contributed by atoms with Gasteiger partial charge in [-0.2, -0.15) is 0 Å². The maximum Gasteiger partial charge on any atom is 0.111 e. The highest BCUT2D eigenvalue weighted by Crippen LogP contribution is 2.42. The van der Waals surface area contributed by atoms with Crippen LogP contribution in [-0.2, 0) is 4.74 Å². The van der Waals surface area contributed by atoms with E-state index in [1.54, 1.807) is 6.07 Å². The second-order valence-corrected chi connectivity index (χ2v) is 8.96. The fourth-order valence-electron chi connectivity index (χ4n) is 4.50. The molecule has 1 fully saturated rings. The second-order valence-electron chi connectivity index (χ2n) is 8.12. The third kappa shape index (κ3) is 3.83. The number of pyridine rings is 1. The fraction of sp³-hybridized carbons (Fsp3) is 0.348. The van der Waals surface area contributed by atoms with E-state index in [2.05, 4.69) is 47.1 Å². The van der Waals surface area contributed by atoms with Crippen molar-refractivity contribution in [2.75, 3.05) is 31.6 Å². The summed E-state index contributed by atoms with van der Waals surface area (Å²) >= 11 is 12.9. The number of hydrogen-bond donors (Lipinski definition) is 3. The van der Waals surface area contributed by atoms with Gasteiger partial charge in [0.05, 0.1) is 30.8 Å². The SMILES string of the molecule is Cc1cnc(C2=CCNN2)c2c1C(c1ccc(Cl)cc1Cl)=CC(N1CCOC[C@H]1C)N2. The minimum atomic E-state index is -0.00884. The number of hydrazine groups is 1. The van der Waals surface area contributed by atoms with Crippen molar-refractivity contribution >= 4 is 40.2 Å². The highest BCUT2D eigenvalue weighted by Gasteiger charge is 2.33. The van der Waals surface area contributed by atoms with E-state index in [9.17, 15) is 0 Å². The minimum Gasteiger partial charge on any atom is -0.379 e. The number of fused-ring (bicyclic) bond motifs is 1. The molecule has 0 saturated carbocycles. The van der Waals surface area contributed by atoms with Crippen molar-refractivity contribution in [1.29, 1.82) is 0 Å². The van der Waals surface area contributed by atoms with Gasteiger partial charge in [-0.3, -0.25) is 9.88 Å². The summed E-state index contributed by atoms with van der Waals surface area (Å²) in [6, 6.07) is 5.98. The summed E-state index contributed by atoms with van der Waals surface area (Å²) in [7, 11) is 0. The van der Waals surface area contributed by atoms with Gasteiger partial charge in [0.2, 0.25) is 0 Å². The molecule has 8 heteroatoms. The number of nitrogens with zero attached hydrogens (tertiary/aromatic N) is 2. The lowest BCUT2D eigenvalue weighted by Gasteiger charge is -2.41. The number of aromatic nitrogens is 1.